The number of esters is 1. The lowest BCUT2D eigenvalue weighted by Crippen LogP contribution is -2.20. The molecular weight excluding hydrogens is 362 g/mol. The molecule has 0 bridgehead atoms. The van der Waals surface area contributed by atoms with Gasteiger partial charge in [0.15, 0.2) is 0 Å². The number of alkyl halides is 1. The van der Waals surface area contributed by atoms with Crippen molar-refractivity contribution in [3.05, 3.63) is 32.4 Å². The van der Waals surface area contributed by atoms with Gasteiger partial charge in [0.05, 0.1) is 6.61 Å². The van der Waals surface area contributed by atoms with Crippen LogP contribution in [0.3, 0.4) is 0 Å². The van der Waals surface area contributed by atoms with Gasteiger partial charge in [-0.1, -0.05) is 17.7 Å². The Bertz CT molecular complexity index is 382. The van der Waals surface area contributed by atoms with Crippen LogP contribution in [0, 0.1) is 3.57 Å². The molecule has 0 radical (unpaired) electrons. The van der Waals surface area contributed by atoms with Crippen molar-refractivity contribution in [2.24, 2.45) is 0 Å². The minimum atomic E-state index is -0.644. The van der Waals surface area contributed by atoms with Gasteiger partial charge < -0.3 is 4.74 Å². The van der Waals surface area contributed by atoms with Crippen LogP contribution < -0.4 is 0 Å². The average molecular weight is 373 g/mol. The summed E-state index contributed by atoms with van der Waals surface area (Å²) in [4.78, 5) is 11.3. The fraction of sp³-hybridized carbons (Fsp3) is 0.364. The van der Waals surface area contributed by atoms with E-state index in [-0.39, 0.29) is 5.97 Å². The summed E-state index contributed by atoms with van der Waals surface area (Å²) in [6, 6.07) is 5.50. The highest BCUT2D eigenvalue weighted by atomic mass is 127. The number of halogens is 3. The summed E-state index contributed by atoms with van der Waals surface area (Å²) in [5.74, 6) is -0.380. The van der Waals surface area contributed by atoms with Crippen molar-refractivity contribution in [3.8, 4) is 0 Å². The number of hydrogen-bond donors (Lipinski definition) is 0. The normalized spacial score (nSPS) is 12.2. The van der Waals surface area contributed by atoms with Gasteiger partial charge >= 0.3 is 5.97 Å². The number of carbonyl (C=O) groups excluding carboxylic acids is 1. The second-order valence-electron chi connectivity index (χ2n) is 3.16. The lowest BCUT2D eigenvalue weighted by molar-refractivity contribution is -0.142. The Hall–Kier alpha value is -0.000000000000000111. The minimum Gasteiger partial charge on any atom is -0.465 e. The van der Waals surface area contributed by atoms with E-state index in [0.717, 1.165) is 9.13 Å². The highest BCUT2D eigenvalue weighted by molar-refractivity contribution is 14.1. The molecule has 1 atom stereocenters. The van der Waals surface area contributed by atoms with Gasteiger partial charge in [0.1, 0.15) is 5.38 Å². The Kier molecular flexibility index (Phi) is 5.86. The summed E-state index contributed by atoms with van der Waals surface area (Å²) in [7, 11) is 0. The predicted molar refractivity (Wildman–Crippen MR) is 74.1 cm³/mol. The summed E-state index contributed by atoms with van der Waals surface area (Å²) in [6.45, 7) is 2.10. The summed E-state index contributed by atoms with van der Waals surface area (Å²) >= 11 is 14.0. The first-order valence-electron chi connectivity index (χ1n) is 4.79. The zero-order valence-corrected chi connectivity index (χ0v) is 12.3. The summed E-state index contributed by atoms with van der Waals surface area (Å²) in [5, 5.41) is 0.0325. The number of carbonyl (C=O) groups is 1. The number of ether oxygens (including phenoxy) is 1. The molecule has 0 aliphatic rings. The highest BCUT2D eigenvalue weighted by Crippen LogP contribution is 2.20. The molecule has 0 saturated carbocycles. The molecule has 0 saturated heterocycles. The maximum atomic E-state index is 11.3. The van der Waals surface area contributed by atoms with Gasteiger partial charge in [0.2, 0.25) is 0 Å². The van der Waals surface area contributed by atoms with Crippen molar-refractivity contribution >= 4 is 51.8 Å². The molecule has 0 spiro atoms. The maximum absolute atomic E-state index is 11.3. The predicted octanol–water partition coefficient (Wildman–Crippen LogP) is 3.66. The first-order chi connectivity index (χ1) is 7.54. The summed E-state index contributed by atoms with van der Waals surface area (Å²) in [6.07, 6.45) is 0.454. The molecule has 88 valence electrons. The van der Waals surface area contributed by atoms with Crippen molar-refractivity contribution in [2.45, 2.75) is 18.7 Å². The van der Waals surface area contributed by atoms with Crippen LogP contribution in [-0.4, -0.2) is 18.0 Å². The lowest BCUT2D eigenvalue weighted by atomic mass is 10.1. The van der Waals surface area contributed by atoms with Crippen molar-refractivity contribution < 1.29 is 9.53 Å². The fourth-order valence-corrected chi connectivity index (χ4v) is 2.52. The van der Waals surface area contributed by atoms with Crippen LogP contribution in [0.5, 0.6) is 0 Å². The fourth-order valence-electron chi connectivity index (χ4n) is 1.20. The smallest absolute Gasteiger partial charge is 0.324 e. The second kappa shape index (κ2) is 6.67. The molecule has 0 N–H and O–H groups in total. The molecule has 2 nitrogen and oxygen atoms in total. The van der Waals surface area contributed by atoms with E-state index in [1.54, 1.807) is 13.0 Å². The van der Waals surface area contributed by atoms with E-state index in [0.29, 0.717) is 18.1 Å². The molecule has 1 aromatic carbocycles. The SMILES string of the molecule is CCOC(=O)C(Cl)Cc1ccc(Cl)cc1I. The van der Waals surface area contributed by atoms with E-state index in [4.69, 9.17) is 27.9 Å². The third-order valence-electron chi connectivity index (χ3n) is 1.96. The largest absolute Gasteiger partial charge is 0.465 e. The molecule has 0 heterocycles. The second-order valence-corrected chi connectivity index (χ2v) is 5.28. The Morgan fingerprint density at radius 2 is 2.25 bits per heavy atom. The van der Waals surface area contributed by atoms with Gasteiger partial charge in [-0.25, -0.2) is 0 Å². The van der Waals surface area contributed by atoms with E-state index in [1.165, 1.54) is 0 Å². The van der Waals surface area contributed by atoms with Crippen molar-refractivity contribution in [1.82, 2.24) is 0 Å². The van der Waals surface area contributed by atoms with E-state index in [9.17, 15) is 4.79 Å². The standard InChI is InChI=1S/C11H11Cl2IO2/c1-2-16-11(15)9(13)5-7-3-4-8(12)6-10(7)14/h3-4,6,9H,2,5H2,1H3. The molecule has 1 unspecified atom stereocenters. The highest BCUT2D eigenvalue weighted by Gasteiger charge is 2.18. The van der Waals surface area contributed by atoms with Crippen LogP contribution in [-0.2, 0) is 16.0 Å². The van der Waals surface area contributed by atoms with Gasteiger partial charge in [-0.05, 0) is 47.2 Å². The Morgan fingerprint density at radius 1 is 1.56 bits per heavy atom. The van der Waals surface area contributed by atoms with Crippen LogP contribution >= 0.6 is 45.8 Å². The average Bonchev–Trinajstić information content (AvgIpc) is 2.22. The van der Waals surface area contributed by atoms with Gasteiger partial charge in [0, 0.05) is 15.0 Å². The van der Waals surface area contributed by atoms with Crippen LogP contribution in [0.25, 0.3) is 0 Å². The molecule has 0 amide bonds. The van der Waals surface area contributed by atoms with Crippen LogP contribution in [0.4, 0.5) is 0 Å². The quantitative estimate of drug-likeness (QED) is 0.458. The van der Waals surface area contributed by atoms with Crippen molar-refractivity contribution in [3.63, 3.8) is 0 Å². The van der Waals surface area contributed by atoms with Crippen LogP contribution in [0.2, 0.25) is 5.02 Å². The zero-order valence-electron chi connectivity index (χ0n) is 8.67. The lowest BCUT2D eigenvalue weighted by Gasteiger charge is -2.10. The van der Waals surface area contributed by atoms with Gasteiger partial charge in [-0.15, -0.1) is 11.6 Å². The molecule has 0 aromatic heterocycles. The Labute approximate surface area is 118 Å². The van der Waals surface area contributed by atoms with Crippen LogP contribution in [0.15, 0.2) is 18.2 Å². The molecule has 0 aliphatic carbocycles. The molecule has 5 heteroatoms. The molecular formula is C11H11Cl2IO2. The van der Waals surface area contributed by atoms with E-state index < -0.39 is 5.38 Å². The third-order valence-corrected chi connectivity index (χ3v) is 3.53. The minimum absolute atomic E-state index is 0.347. The number of benzene rings is 1. The van der Waals surface area contributed by atoms with E-state index in [2.05, 4.69) is 22.6 Å². The third kappa shape index (κ3) is 4.11. The van der Waals surface area contributed by atoms with Gasteiger partial charge in [0.25, 0.3) is 0 Å². The summed E-state index contributed by atoms with van der Waals surface area (Å²) < 4.78 is 5.84. The Balaban J connectivity index is 2.69. The van der Waals surface area contributed by atoms with Gasteiger partial charge in [-0.3, -0.25) is 4.79 Å². The molecule has 0 fully saturated rings. The molecule has 1 aromatic rings. The Morgan fingerprint density at radius 3 is 2.81 bits per heavy atom. The summed E-state index contributed by atoms with van der Waals surface area (Å²) in [5.41, 5.74) is 0.998. The van der Waals surface area contributed by atoms with Crippen molar-refractivity contribution in [2.75, 3.05) is 6.61 Å². The molecule has 0 aliphatic heterocycles. The van der Waals surface area contributed by atoms with Crippen molar-refractivity contribution in [1.29, 1.82) is 0 Å². The zero-order chi connectivity index (χ0) is 12.1. The van der Waals surface area contributed by atoms with E-state index in [1.807, 2.05) is 12.1 Å². The first-order valence-corrected chi connectivity index (χ1v) is 6.68. The first kappa shape index (κ1) is 14.1. The van der Waals surface area contributed by atoms with Gasteiger partial charge in [-0.2, -0.15) is 0 Å². The monoisotopic (exact) mass is 372 g/mol. The van der Waals surface area contributed by atoms with E-state index >= 15 is 0 Å². The number of hydrogen-bond acceptors (Lipinski definition) is 2. The topological polar surface area (TPSA) is 26.3 Å². The molecule has 16 heavy (non-hydrogen) atoms. The maximum Gasteiger partial charge on any atom is 0.324 e. The van der Waals surface area contributed by atoms with Crippen LogP contribution in [0.1, 0.15) is 12.5 Å². The number of rotatable bonds is 4. The molecule has 1 rings (SSSR count).